The summed E-state index contributed by atoms with van der Waals surface area (Å²) in [5.41, 5.74) is -4.35. The van der Waals surface area contributed by atoms with Crippen LogP contribution in [0.1, 0.15) is 0 Å². The first kappa shape index (κ1) is 14.3. The molecule has 0 aliphatic heterocycles. The Balaban J connectivity index is 2.46. The number of halogens is 3. The lowest BCUT2D eigenvalue weighted by Crippen LogP contribution is -2.26. The second-order valence-corrected chi connectivity index (χ2v) is 5.97. The van der Waals surface area contributed by atoms with Gasteiger partial charge in [-0.1, -0.05) is 0 Å². The third-order valence-corrected chi connectivity index (χ3v) is 3.80. The number of aromatic nitrogens is 2. The average molecular weight is 289 g/mol. The van der Waals surface area contributed by atoms with Crippen molar-refractivity contribution < 1.29 is 21.6 Å². The van der Waals surface area contributed by atoms with Crippen LogP contribution in [0.15, 0.2) is 17.3 Å². The molecule has 0 aliphatic carbocycles. The predicted molar refractivity (Wildman–Crippen MR) is 56.9 cm³/mol. The van der Waals surface area contributed by atoms with Gasteiger partial charge in [-0.2, -0.15) is 18.3 Å². The SMILES string of the molecule is Cn1cc(S(=O)(=O)NCCSC(F)(F)F)cn1. The Bertz CT molecular complexity index is 469. The maximum Gasteiger partial charge on any atom is 0.441 e. The highest BCUT2D eigenvalue weighted by molar-refractivity contribution is 8.00. The number of thioether (sulfide) groups is 1. The van der Waals surface area contributed by atoms with Crippen LogP contribution in [0.2, 0.25) is 0 Å². The molecule has 1 rings (SSSR count). The Morgan fingerprint density at radius 1 is 1.53 bits per heavy atom. The molecule has 10 heteroatoms. The third kappa shape index (κ3) is 4.96. The van der Waals surface area contributed by atoms with E-state index in [1.807, 2.05) is 0 Å². The van der Waals surface area contributed by atoms with Gasteiger partial charge in [-0.3, -0.25) is 4.68 Å². The van der Waals surface area contributed by atoms with Crippen molar-refractivity contribution >= 4 is 21.8 Å². The summed E-state index contributed by atoms with van der Waals surface area (Å²) in [6.07, 6.45) is 2.39. The van der Waals surface area contributed by atoms with Gasteiger partial charge >= 0.3 is 5.51 Å². The molecule has 0 fully saturated rings. The molecule has 0 saturated heterocycles. The second kappa shape index (κ2) is 5.27. The van der Waals surface area contributed by atoms with Crippen LogP contribution in [-0.4, -0.2) is 36.0 Å². The molecule has 5 nitrogen and oxygen atoms in total. The molecule has 1 N–H and O–H groups in total. The molecule has 0 bridgehead atoms. The minimum Gasteiger partial charge on any atom is -0.274 e. The summed E-state index contributed by atoms with van der Waals surface area (Å²) in [6, 6.07) is 0. The maximum atomic E-state index is 11.8. The maximum absolute atomic E-state index is 11.8. The first-order valence-electron chi connectivity index (χ1n) is 4.40. The Kier molecular flexibility index (Phi) is 4.44. The van der Waals surface area contributed by atoms with Crippen molar-refractivity contribution in [3.8, 4) is 0 Å². The normalized spacial score (nSPS) is 12.9. The standard InChI is InChI=1S/C7H10F3N3O2S2/c1-13-5-6(4-11-13)17(14,15)12-2-3-16-7(8,9)10/h4-5,12H,2-3H2,1H3. The fraction of sp³-hybridized carbons (Fsp3) is 0.571. The van der Waals surface area contributed by atoms with Gasteiger partial charge in [0.25, 0.3) is 0 Å². The predicted octanol–water partition coefficient (Wildman–Crippen LogP) is 0.951. The molecule has 0 spiro atoms. The minimum atomic E-state index is -4.35. The van der Waals surface area contributed by atoms with Crippen LogP contribution < -0.4 is 4.72 Å². The summed E-state index contributed by atoms with van der Waals surface area (Å²) in [5, 5.41) is 3.66. The van der Waals surface area contributed by atoms with Gasteiger partial charge < -0.3 is 0 Å². The lowest BCUT2D eigenvalue weighted by Gasteiger charge is -2.06. The van der Waals surface area contributed by atoms with E-state index in [0.717, 1.165) is 6.20 Å². The van der Waals surface area contributed by atoms with Gasteiger partial charge in [0.15, 0.2) is 0 Å². The largest absolute Gasteiger partial charge is 0.441 e. The fourth-order valence-electron chi connectivity index (χ4n) is 0.964. The first-order chi connectivity index (χ1) is 7.71. The highest BCUT2D eigenvalue weighted by Gasteiger charge is 2.27. The molecule has 0 aromatic carbocycles. The van der Waals surface area contributed by atoms with Crippen LogP contribution >= 0.6 is 11.8 Å². The van der Waals surface area contributed by atoms with Crippen LogP contribution in [0.3, 0.4) is 0 Å². The van der Waals surface area contributed by atoms with Crippen molar-refractivity contribution in [2.75, 3.05) is 12.3 Å². The molecule has 0 unspecified atom stereocenters. The number of nitrogens with one attached hydrogen (secondary N) is 1. The van der Waals surface area contributed by atoms with Crippen molar-refractivity contribution in [3.05, 3.63) is 12.4 Å². The molecule has 17 heavy (non-hydrogen) atoms. The molecule has 0 saturated carbocycles. The molecular weight excluding hydrogens is 279 g/mol. The number of rotatable bonds is 5. The highest BCUT2D eigenvalue weighted by Crippen LogP contribution is 2.29. The molecule has 0 atom stereocenters. The molecule has 0 radical (unpaired) electrons. The van der Waals surface area contributed by atoms with Gasteiger partial charge in [-0.25, -0.2) is 13.1 Å². The minimum absolute atomic E-state index is 0.0722. The molecule has 1 heterocycles. The fourth-order valence-corrected chi connectivity index (χ4v) is 2.54. The summed E-state index contributed by atoms with van der Waals surface area (Å²) in [6.45, 7) is -0.290. The van der Waals surface area contributed by atoms with Gasteiger partial charge in [-0.15, -0.1) is 0 Å². The van der Waals surface area contributed by atoms with Crippen molar-refractivity contribution in [2.45, 2.75) is 10.4 Å². The monoisotopic (exact) mass is 289 g/mol. The van der Waals surface area contributed by atoms with E-state index >= 15 is 0 Å². The molecule has 1 aromatic rings. The Morgan fingerprint density at radius 3 is 2.65 bits per heavy atom. The smallest absolute Gasteiger partial charge is 0.274 e. The molecule has 98 valence electrons. The number of nitrogens with zero attached hydrogens (tertiary/aromatic N) is 2. The number of hydrogen-bond acceptors (Lipinski definition) is 4. The topological polar surface area (TPSA) is 64.0 Å². The molecular formula is C7H10F3N3O2S2. The Labute approximate surface area is 100 Å². The van der Waals surface area contributed by atoms with E-state index < -0.39 is 15.5 Å². The average Bonchev–Trinajstić information content (AvgIpc) is 2.59. The highest BCUT2D eigenvalue weighted by atomic mass is 32.2. The third-order valence-electron chi connectivity index (χ3n) is 1.65. The van der Waals surface area contributed by atoms with Crippen LogP contribution in [0.4, 0.5) is 13.2 Å². The van der Waals surface area contributed by atoms with Crippen LogP contribution in [0.25, 0.3) is 0 Å². The lowest BCUT2D eigenvalue weighted by molar-refractivity contribution is -0.0327. The zero-order valence-electron chi connectivity index (χ0n) is 8.73. The lowest BCUT2D eigenvalue weighted by atomic mass is 10.7. The summed E-state index contributed by atoms with van der Waals surface area (Å²) >= 11 is -0.273. The summed E-state index contributed by atoms with van der Waals surface area (Å²) in [4.78, 5) is -0.0722. The van der Waals surface area contributed by atoms with Crippen molar-refractivity contribution in [3.63, 3.8) is 0 Å². The van der Waals surface area contributed by atoms with Crippen LogP contribution in [0, 0.1) is 0 Å². The van der Waals surface area contributed by atoms with E-state index in [0.29, 0.717) is 0 Å². The molecule has 0 amide bonds. The zero-order valence-corrected chi connectivity index (χ0v) is 10.4. The summed E-state index contributed by atoms with van der Waals surface area (Å²) in [7, 11) is -2.23. The van der Waals surface area contributed by atoms with Gasteiger partial charge in [0.2, 0.25) is 10.0 Å². The van der Waals surface area contributed by atoms with Crippen LogP contribution in [-0.2, 0) is 17.1 Å². The van der Waals surface area contributed by atoms with Crippen molar-refractivity contribution in [1.29, 1.82) is 0 Å². The van der Waals surface area contributed by atoms with E-state index in [4.69, 9.17) is 0 Å². The van der Waals surface area contributed by atoms with Gasteiger partial charge in [-0.05, 0) is 11.8 Å². The van der Waals surface area contributed by atoms with E-state index in [1.54, 1.807) is 7.05 Å². The summed E-state index contributed by atoms with van der Waals surface area (Å²) in [5.74, 6) is -0.372. The number of sulfonamides is 1. The van der Waals surface area contributed by atoms with Gasteiger partial charge in [0.1, 0.15) is 4.90 Å². The quantitative estimate of drug-likeness (QED) is 0.820. The van der Waals surface area contributed by atoms with Crippen molar-refractivity contribution in [1.82, 2.24) is 14.5 Å². The second-order valence-electron chi connectivity index (χ2n) is 3.04. The van der Waals surface area contributed by atoms with Gasteiger partial charge in [0.05, 0.1) is 6.20 Å². The van der Waals surface area contributed by atoms with E-state index in [-0.39, 0.29) is 29.0 Å². The Morgan fingerprint density at radius 2 is 2.18 bits per heavy atom. The number of alkyl halides is 3. The van der Waals surface area contributed by atoms with E-state index in [1.165, 1.54) is 10.9 Å². The molecule has 0 aliphatic rings. The zero-order chi connectivity index (χ0) is 13.1. The molecule has 1 aromatic heterocycles. The summed E-state index contributed by atoms with van der Waals surface area (Å²) < 4.78 is 61.7. The van der Waals surface area contributed by atoms with E-state index in [9.17, 15) is 21.6 Å². The van der Waals surface area contributed by atoms with Gasteiger partial charge in [0, 0.05) is 25.5 Å². The first-order valence-corrected chi connectivity index (χ1v) is 6.86. The van der Waals surface area contributed by atoms with Crippen molar-refractivity contribution in [2.24, 2.45) is 7.05 Å². The number of aryl methyl sites for hydroxylation is 1. The van der Waals surface area contributed by atoms with E-state index in [2.05, 4.69) is 9.82 Å². The Hall–Kier alpha value is -0.740. The number of hydrogen-bond donors (Lipinski definition) is 1. The van der Waals surface area contributed by atoms with Crippen LogP contribution in [0.5, 0.6) is 0 Å².